The zero-order chi connectivity index (χ0) is 20.4. The van der Waals surface area contributed by atoms with Gasteiger partial charge in [0.05, 0.1) is 0 Å². The van der Waals surface area contributed by atoms with Gasteiger partial charge in [0.25, 0.3) is 5.56 Å². The van der Waals surface area contributed by atoms with Crippen LogP contribution in [0.1, 0.15) is 32.3 Å². The second kappa shape index (κ2) is 8.32. The Morgan fingerprint density at radius 3 is 2.83 bits per heavy atom. The summed E-state index contributed by atoms with van der Waals surface area (Å²) in [5.41, 5.74) is 2.16. The van der Waals surface area contributed by atoms with Crippen molar-refractivity contribution in [1.29, 1.82) is 0 Å². The van der Waals surface area contributed by atoms with Crippen molar-refractivity contribution in [3.05, 3.63) is 46.5 Å². The lowest BCUT2D eigenvalue weighted by atomic mass is 10.0. The molecular weight excluding hydrogens is 386 g/mol. The Labute approximate surface area is 173 Å². The fourth-order valence-corrected chi connectivity index (χ4v) is 4.63. The van der Waals surface area contributed by atoms with Crippen molar-refractivity contribution >= 4 is 38.4 Å². The van der Waals surface area contributed by atoms with Crippen LogP contribution in [0.25, 0.3) is 10.3 Å². The smallest absolute Gasteiger partial charge is 0.273 e. The summed E-state index contributed by atoms with van der Waals surface area (Å²) >= 11 is 1.37. The van der Waals surface area contributed by atoms with Gasteiger partial charge in [-0.1, -0.05) is 37.3 Å². The molecule has 1 atom stereocenters. The second-order valence-corrected chi connectivity index (χ2v) is 8.60. The first kappa shape index (κ1) is 19.6. The van der Waals surface area contributed by atoms with E-state index >= 15 is 0 Å². The fraction of sp³-hybridized carbons (Fsp3) is 0.429. The maximum absolute atomic E-state index is 12.9. The summed E-state index contributed by atoms with van der Waals surface area (Å²) in [6.07, 6.45) is 4.71. The number of fused-ring (bicyclic) bond motifs is 1. The third kappa shape index (κ3) is 4.32. The number of nitrogens with one attached hydrogen (secondary N) is 1. The van der Waals surface area contributed by atoms with Crippen LogP contribution in [0.4, 0.5) is 10.8 Å². The molecule has 1 fully saturated rings. The normalized spacial score (nSPS) is 16.9. The van der Waals surface area contributed by atoms with E-state index in [0.29, 0.717) is 22.0 Å². The molecule has 0 radical (unpaired) electrons. The highest BCUT2D eigenvalue weighted by Crippen LogP contribution is 2.29. The van der Waals surface area contributed by atoms with Crippen molar-refractivity contribution in [2.24, 2.45) is 5.92 Å². The predicted molar refractivity (Wildman–Crippen MR) is 117 cm³/mol. The highest BCUT2D eigenvalue weighted by atomic mass is 32.1. The number of hydrogen-bond donors (Lipinski definition) is 1. The lowest BCUT2D eigenvalue weighted by molar-refractivity contribution is -0.116. The van der Waals surface area contributed by atoms with E-state index in [1.165, 1.54) is 34.2 Å². The predicted octanol–water partition coefficient (Wildman–Crippen LogP) is 3.29. The molecular formula is C21H25N5O2S. The Morgan fingerprint density at radius 2 is 2.10 bits per heavy atom. The summed E-state index contributed by atoms with van der Waals surface area (Å²) in [6.45, 7) is 6.15. The highest BCUT2D eigenvalue weighted by Gasteiger charge is 2.21. The van der Waals surface area contributed by atoms with Gasteiger partial charge in [-0.25, -0.2) is 4.98 Å². The topological polar surface area (TPSA) is 80.1 Å². The molecule has 0 unspecified atom stereocenters. The van der Waals surface area contributed by atoms with E-state index in [1.807, 2.05) is 24.3 Å². The Balaban J connectivity index is 1.50. The van der Waals surface area contributed by atoms with Crippen molar-refractivity contribution < 1.29 is 4.79 Å². The SMILES string of the molecule is CCc1ccc(NC(=O)Cn2cnc3nc(N4CCC[C@@H](C)C4)sc3c2=O)cc1. The van der Waals surface area contributed by atoms with E-state index in [9.17, 15) is 9.59 Å². The molecule has 1 saturated heterocycles. The number of benzene rings is 1. The molecule has 1 aliphatic rings. The quantitative estimate of drug-likeness (QED) is 0.697. The van der Waals surface area contributed by atoms with Gasteiger partial charge in [-0.2, -0.15) is 4.98 Å². The van der Waals surface area contributed by atoms with Crippen LogP contribution in [0, 0.1) is 5.92 Å². The van der Waals surface area contributed by atoms with Crippen molar-refractivity contribution in [3.63, 3.8) is 0 Å². The van der Waals surface area contributed by atoms with Crippen molar-refractivity contribution in [2.75, 3.05) is 23.3 Å². The van der Waals surface area contributed by atoms with Crippen LogP contribution in [0.5, 0.6) is 0 Å². The van der Waals surface area contributed by atoms with Crippen LogP contribution in [-0.2, 0) is 17.8 Å². The number of carbonyl (C=O) groups excluding carboxylic acids is 1. The molecule has 0 saturated carbocycles. The number of aromatic nitrogens is 3. The van der Waals surface area contributed by atoms with E-state index in [2.05, 4.69) is 34.0 Å². The molecule has 29 heavy (non-hydrogen) atoms. The number of aryl methyl sites for hydroxylation is 1. The summed E-state index contributed by atoms with van der Waals surface area (Å²) < 4.78 is 1.85. The van der Waals surface area contributed by atoms with E-state index in [4.69, 9.17) is 0 Å². The van der Waals surface area contributed by atoms with E-state index in [1.54, 1.807) is 0 Å². The molecule has 0 spiro atoms. The third-order valence-corrected chi connectivity index (χ3v) is 6.35. The molecule has 3 aromatic rings. The summed E-state index contributed by atoms with van der Waals surface area (Å²) in [5.74, 6) is 0.363. The number of hydrogen-bond acceptors (Lipinski definition) is 6. The monoisotopic (exact) mass is 411 g/mol. The number of amides is 1. The van der Waals surface area contributed by atoms with Crippen molar-refractivity contribution in [2.45, 2.75) is 39.7 Å². The average Bonchev–Trinajstić information content (AvgIpc) is 3.16. The first-order valence-corrected chi connectivity index (χ1v) is 10.8. The molecule has 1 N–H and O–H groups in total. The van der Waals surface area contributed by atoms with Gasteiger partial charge >= 0.3 is 0 Å². The molecule has 152 valence electrons. The molecule has 1 aliphatic heterocycles. The number of carbonyl (C=O) groups is 1. The standard InChI is InChI=1S/C21H25N5O2S/c1-3-15-6-8-16(9-7-15)23-17(27)12-26-13-22-19-18(20(26)28)29-21(24-19)25-10-4-5-14(2)11-25/h6-9,13-14H,3-5,10-12H2,1-2H3,(H,23,27)/t14-/m1/s1. The Kier molecular flexibility index (Phi) is 5.62. The minimum Gasteiger partial charge on any atom is -0.348 e. The van der Waals surface area contributed by atoms with E-state index < -0.39 is 0 Å². The first-order valence-electron chi connectivity index (χ1n) is 10.0. The van der Waals surface area contributed by atoms with Gasteiger partial charge in [0.15, 0.2) is 10.8 Å². The van der Waals surface area contributed by atoms with E-state index in [-0.39, 0.29) is 18.0 Å². The third-order valence-electron chi connectivity index (χ3n) is 5.26. The van der Waals surface area contributed by atoms with Gasteiger partial charge in [0, 0.05) is 18.8 Å². The lowest BCUT2D eigenvalue weighted by Crippen LogP contribution is -2.34. The number of anilines is 2. The molecule has 8 heteroatoms. The fourth-order valence-electron chi connectivity index (χ4n) is 3.63. The number of rotatable bonds is 5. The van der Waals surface area contributed by atoms with Gasteiger partial charge in [0.1, 0.15) is 17.6 Å². The number of thiazole rings is 1. The van der Waals surface area contributed by atoms with Crippen LogP contribution in [0.2, 0.25) is 0 Å². The van der Waals surface area contributed by atoms with Crippen LogP contribution in [0.3, 0.4) is 0 Å². The first-order chi connectivity index (χ1) is 14.0. The Bertz CT molecular complexity index is 1070. The van der Waals surface area contributed by atoms with Gasteiger partial charge in [-0.3, -0.25) is 14.2 Å². The molecule has 1 aromatic carbocycles. The number of piperidine rings is 1. The van der Waals surface area contributed by atoms with Gasteiger partial charge in [-0.15, -0.1) is 0 Å². The Hall–Kier alpha value is -2.74. The largest absolute Gasteiger partial charge is 0.348 e. The minimum atomic E-state index is -0.257. The van der Waals surface area contributed by atoms with Crippen molar-refractivity contribution in [1.82, 2.24) is 14.5 Å². The van der Waals surface area contributed by atoms with Crippen LogP contribution in [-0.4, -0.2) is 33.5 Å². The van der Waals surface area contributed by atoms with Gasteiger partial charge in [-0.05, 0) is 42.9 Å². The second-order valence-electron chi connectivity index (χ2n) is 7.62. The molecule has 2 aromatic heterocycles. The number of nitrogens with zero attached hydrogens (tertiary/aromatic N) is 4. The molecule has 7 nitrogen and oxygen atoms in total. The maximum atomic E-state index is 12.9. The minimum absolute atomic E-state index is 0.0781. The van der Waals surface area contributed by atoms with E-state index in [0.717, 1.165) is 31.1 Å². The maximum Gasteiger partial charge on any atom is 0.273 e. The zero-order valence-corrected chi connectivity index (χ0v) is 17.5. The van der Waals surface area contributed by atoms with Crippen LogP contribution < -0.4 is 15.8 Å². The van der Waals surface area contributed by atoms with Crippen molar-refractivity contribution in [3.8, 4) is 0 Å². The summed E-state index contributed by atoms with van der Waals surface area (Å²) in [6, 6.07) is 7.71. The molecule has 1 amide bonds. The summed E-state index contributed by atoms with van der Waals surface area (Å²) in [7, 11) is 0. The molecule has 0 aliphatic carbocycles. The molecule has 0 bridgehead atoms. The zero-order valence-electron chi connectivity index (χ0n) is 16.7. The average molecular weight is 412 g/mol. The summed E-state index contributed by atoms with van der Waals surface area (Å²) in [5, 5.41) is 3.67. The molecule has 3 heterocycles. The Morgan fingerprint density at radius 1 is 1.31 bits per heavy atom. The van der Waals surface area contributed by atoms with Crippen LogP contribution in [0.15, 0.2) is 35.4 Å². The molecule has 4 rings (SSSR count). The summed E-state index contributed by atoms with van der Waals surface area (Å²) in [4.78, 5) is 36.4. The van der Waals surface area contributed by atoms with Crippen LogP contribution >= 0.6 is 11.3 Å². The van der Waals surface area contributed by atoms with Gasteiger partial charge in [0.2, 0.25) is 5.91 Å². The highest BCUT2D eigenvalue weighted by molar-refractivity contribution is 7.22. The lowest BCUT2D eigenvalue weighted by Gasteiger charge is -2.30. The van der Waals surface area contributed by atoms with Gasteiger partial charge < -0.3 is 10.2 Å².